The molecule has 0 bridgehead atoms. The first kappa shape index (κ1) is 13.8. The van der Waals surface area contributed by atoms with E-state index in [0.717, 1.165) is 10.6 Å². The molecule has 0 fully saturated rings. The molecule has 5 heteroatoms. The van der Waals surface area contributed by atoms with Crippen molar-refractivity contribution in [3.05, 3.63) is 57.6 Å². The third kappa shape index (κ3) is 3.66. The van der Waals surface area contributed by atoms with E-state index in [9.17, 15) is 0 Å². The lowest BCUT2D eigenvalue weighted by Crippen LogP contribution is -1.92. The maximum Gasteiger partial charge on any atom is 0.183 e. The van der Waals surface area contributed by atoms with Gasteiger partial charge in [0.2, 0.25) is 0 Å². The number of hydrogen-bond donors (Lipinski definition) is 1. The first-order valence-corrected chi connectivity index (χ1v) is 7.02. The third-order valence-electron chi connectivity index (χ3n) is 2.71. The zero-order chi connectivity index (χ0) is 13.7. The van der Waals surface area contributed by atoms with Crippen LogP contribution in [0.15, 0.2) is 47.7 Å². The van der Waals surface area contributed by atoms with Crippen LogP contribution in [0.2, 0.25) is 4.47 Å². The van der Waals surface area contributed by atoms with Crippen molar-refractivity contribution in [2.45, 2.75) is 12.8 Å². The van der Waals surface area contributed by atoms with Crippen LogP contribution in [0.1, 0.15) is 23.3 Å². The van der Waals surface area contributed by atoms with Gasteiger partial charge in [-0.15, -0.1) is 11.3 Å². The number of halogens is 1. The molecule has 0 aliphatic heterocycles. The molecule has 19 heavy (non-hydrogen) atoms. The largest absolute Gasteiger partial charge is 0.405 e. The van der Waals surface area contributed by atoms with E-state index in [2.05, 4.69) is 29.0 Å². The molecule has 3 nitrogen and oxygen atoms in total. The zero-order valence-corrected chi connectivity index (χ0v) is 12.0. The highest BCUT2D eigenvalue weighted by Crippen LogP contribution is 2.31. The predicted octanol–water partition coefficient (Wildman–Crippen LogP) is 4.12. The van der Waals surface area contributed by atoms with Crippen LogP contribution >= 0.6 is 22.9 Å². The number of rotatable bonds is 4. The SMILES string of the molecule is CC(c1cccc(N=CC=CN)c1)c1cnc(Cl)s1. The van der Waals surface area contributed by atoms with Gasteiger partial charge in [0.25, 0.3) is 0 Å². The zero-order valence-electron chi connectivity index (χ0n) is 10.5. The molecule has 98 valence electrons. The van der Waals surface area contributed by atoms with Crippen molar-refractivity contribution in [1.82, 2.24) is 4.98 Å². The van der Waals surface area contributed by atoms with E-state index in [1.54, 1.807) is 12.3 Å². The van der Waals surface area contributed by atoms with Gasteiger partial charge in [-0.3, -0.25) is 4.99 Å². The number of allylic oxidation sites excluding steroid dienone is 1. The van der Waals surface area contributed by atoms with Crippen LogP contribution in [0.4, 0.5) is 5.69 Å². The number of nitrogens with zero attached hydrogens (tertiary/aromatic N) is 2. The van der Waals surface area contributed by atoms with Crippen LogP contribution in [-0.2, 0) is 0 Å². The van der Waals surface area contributed by atoms with E-state index in [-0.39, 0.29) is 5.92 Å². The summed E-state index contributed by atoms with van der Waals surface area (Å²) >= 11 is 7.38. The van der Waals surface area contributed by atoms with Gasteiger partial charge >= 0.3 is 0 Å². The Hall–Kier alpha value is -1.65. The maximum atomic E-state index is 5.87. The first-order valence-electron chi connectivity index (χ1n) is 5.83. The Bertz CT molecular complexity index is 604. The summed E-state index contributed by atoms with van der Waals surface area (Å²) in [5.41, 5.74) is 7.35. The maximum absolute atomic E-state index is 5.87. The molecule has 1 aromatic carbocycles. The topological polar surface area (TPSA) is 51.3 Å². The van der Waals surface area contributed by atoms with Crippen LogP contribution in [0.3, 0.4) is 0 Å². The summed E-state index contributed by atoms with van der Waals surface area (Å²) in [6.07, 6.45) is 6.65. The number of hydrogen-bond acceptors (Lipinski definition) is 4. The van der Waals surface area contributed by atoms with Crippen molar-refractivity contribution in [3.63, 3.8) is 0 Å². The Kier molecular flexibility index (Phi) is 4.71. The van der Waals surface area contributed by atoms with E-state index in [1.165, 1.54) is 23.1 Å². The molecule has 2 aromatic rings. The van der Waals surface area contributed by atoms with Crippen molar-refractivity contribution in [2.24, 2.45) is 10.7 Å². The first-order chi connectivity index (χ1) is 9.20. The summed E-state index contributed by atoms with van der Waals surface area (Å²) in [6.45, 7) is 2.13. The number of benzene rings is 1. The summed E-state index contributed by atoms with van der Waals surface area (Å²) in [6, 6.07) is 8.08. The molecule has 0 saturated heterocycles. The van der Waals surface area contributed by atoms with Crippen molar-refractivity contribution < 1.29 is 0 Å². The fourth-order valence-corrected chi connectivity index (χ4v) is 2.72. The van der Waals surface area contributed by atoms with Gasteiger partial charge in [0.15, 0.2) is 4.47 Å². The molecule has 2 rings (SSSR count). The molecule has 0 spiro atoms. The molecule has 1 unspecified atom stereocenters. The molecule has 0 aliphatic rings. The highest BCUT2D eigenvalue weighted by atomic mass is 35.5. The van der Waals surface area contributed by atoms with Gasteiger partial charge in [-0.1, -0.05) is 30.7 Å². The second-order valence-electron chi connectivity index (χ2n) is 4.00. The van der Waals surface area contributed by atoms with Crippen molar-refractivity contribution in [2.75, 3.05) is 0 Å². The summed E-state index contributed by atoms with van der Waals surface area (Å²) in [4.78, 5) is 9.53. The lowest BCUT2D eigenvalue weighted by atomic mass is 10.00. The van der Waals surface area contributed by atoms with Crippen LogP contribution in [-0.4, -0.2) is 11.2 Å². The fourth-order valence-electron chi connectivity index (χ4n) is 1.68. The lowest BCUT2D eigenvalue weighted by molar-refractivity contribution is 0.942. The van der Waals surface area contributed by atoms with Crippen LogP contribution in [0.25, 0.3) is 0 Å². The third-order valence-corrected chi connectivity index (χ3v) is 4.01. The molecule has 0 aliphatic carbocycles. The normalized spacial score (nSPS) is 13.4. The Morgan fingerprint density at radius 3 is 3.00 bits per heavy atom. The number of aliphatic imine (C=N–C) groups is 1. The van der Waals surface area contributed by atoms with Gasteiger partial charge < -0.3 is 5.73 Å². The molecule has 0 radical (unpaired) electrons. The monoisotopic (exact) mass is 291 g/mol. The smallest absolute Gasteiger partial charge is 0.183 e. The number of thiazole rings is 1. The Morgan fingerprint density at radius 2 is 2.32 bits per heavy atom. The van der Waals surface area contributed by atoms with Gasteiger partial charge in [0, 0.05) is 23.2 Å². The molecule has 1 atom stereocenters. The van der Waals surface area contributed by atoms with Gasteiger partial charge in [0.05, 0.1) is 5.69 Å². The van der Waals surface area contributed by atoms with Gasteiger partial charge in [0.1, 0.15) is 0 Å². The Labute approximate surface area is 121 Å². The highest BCUT2D eigenvalue weighted by molar-refractivity contribution is 7.15. The van der Waals surface area contributed by atoms with Crippen LogP contribution in [0, 0.1) is 0 Å². The average Bonchev–Trinajstić information content (AvgIpc) is 2.85. The summed E-state index contributed by atoms with van der Waals surface area (Å²) < 4.78 is 0.573. The van der Waals surface area contributed by atoms with E-state index < -0.39 is 0 Å². The average molecular weight is 292 g/mol. The fraction of sp³-hybridized carbons (Fsp3) is 0.143. The van der Waals surface area contributed by atoms with Crippen molar-refractivity contribution in [1.29, 1.82) is 0 Å². The number of nitrogens with two attached hydrogens (primary N) is 1. The minimum atomic E-state index is 0.255. The van der Waals surface area contributed by atoms with E-state index >= 15 is 0 Å². The quantitative estimate of drug-likeness (QED) is 0.861. The van der Waals surface area contributed by atoms with Gasteiger partial charge in [-0.2, -0.15) is 0 Å². The van der Waals surface area contributed by atoms with Crippen molar-refractivity contribution >= 4 is 34.8 Å². The standard InChI is InChI=1S/C14H14ClN3S/c1-10(13-9-18-14(15)19-13)11-4-2-5-12(8-11)17-7-3-6-16/h2-10H,16H2,1H3. The minimum absolute atomic E-state index is 0.255. The van der Waals surface area contributed by atoms with E-state index in [4.69, 9.17) is 17.3 Å². The summed E-state index contributed by atoms with van der Waals surface area (Å²) in [7, 11) is 0. The molecular weight excluding hydrogens is 278 g/mol. The highest BCUT2D eigenvalue weighted by Gasteiger charge is 2.11. The molecule has 1 aromatic heterocycles. The summed E-state index contributed by atoms with van der Waals surface area (Å²) in [5, 5.41) is 0. The second kappa shape index (κ2) is 6.50. The molecule has 0 saturated carbocycles. The molecule has 2 N–H and O–H groups in total. The van der Waals surface area contributed by atoms with Crippen molar-refractivity contribution in [3.8, 4) is 0 Å². The van der Waals surface area contributed by atoms with Gasteiger partial charge in [-0.05, 0) is 30.0 Å². The predicted molar refractivity (Wildman–Crippen MR) is 82.6 cm³/mol. The van der Waals surface area contributed by atoms with E-state index in [1.807, 2.05) is 18.3 Å². The number of aromatic nitrogens is 1. The lowest BCUT2D eigenvalue weighted by Gasteiger charge is -2.09. The van der Waals surface area contributed by atoms with E-state index in [0.29, 0.717) is 4.47 Å². The second-order valence-corrected chi connectivity index (χ2v) is 5.64. The Morgan fingerprint density at radius 1 is 1.47 bits per heavy atom. The summed E-state index contributed by atoms with van der Waals surface area (Å²) in [5.74, 6) is 0.255. The van der Waals surface area contributed by atoms with Crippen LogP contribution in [0.5, 0.6) is 0 Å². The van der Waals surface area contributed by atoms with Crippen LogP contribution < -0.4 is 5.73 Å². The molecule has 1 heterocycles. The molecule has 0 amide bonds. The minimum Gasteiger partial charge on any atom is -0.405 e. The van der Waals surface area contributed by atoms with Gasteiger partial charge in [-0.25, -0.2) is 4.98 Å². The molecular formula is C14H14ClN3S. The Balaban J connectivity index is 2.23.